The van der Waals surface area contributed by atoms with Crippen LogP contribution in [0.1, 0.15) is 28.8 Å². The molecule has 0 unspecified atom stereocenters. The van der Waals surface area contributed by atoms with Crippen molar-refractivity contribution < 1.29 is 18.7 Å². The molecule has 4 rings (SSSR count). The van der Waals surface area contributed by atoms with E-state index in [0.717, 1.165) is 0 Å². The van der Waals surface area contributed by atoms with E-state index in [1.54, 1.807) is 41.3 Å². The molecule has 0 spiro atoms. The van der Waals surface area contributed by atoms with Crippen LogP contribution in [0, 0.1) is 5.82 Å². The number of para-hydroxylation sites is 1. The molecule has 9 nitrogen and oxygen atoms in total. The number of halogens is 1. The molecule has 1 fully saturated rings. The number of nitrogen functional groups attached to an aromatic ring is 1. The molecule has 0 bridgehead atoms. The fraction of sp³-hybridized carbons (Fsp3) is 0.250. The lowest BCUT2D eigenvalue weighted by molar-refractivity contribution is 0.103. The topological polar surface area (TPSA) is 122 Å². The van der Waals surface area contributed by atoms with Gasteiger partial charge in [0.2, 0.25) is 11.7 Å². The van der Waals surface area contributed by atoms with E-state index in [-0.39, 0.29) is 29.2 Å². The zero-order valence-corrected chi connectivity index (χ0v) is 18.6. The number of methoxy groups -OCH3 is 1. The third kappa shape index (κ3) is 5.22. The largest absolute Gasteiger partial charge is 0.496 e. The van der Waals surface area contributed by atoms with Crippen LogP contribution in [-0.2, 0) is 0 Å². The van der Waals surface area contributed by atoms with Crippen LogP contribution in [0.2, 0.25) is 0 Å². The fourth-order valence-corrected chi connectivity index (χ4v) is 3.80. The van der Waals surface area contributed by atoms with Crippen LogP contribution < -0.4 is 21.1 Å². The molecule has 176 valence electrons. The maximum atomic E-state index is 13.3. The summed E-state index contributed by atoms with van der Waals surface area (Å²) in [5.74, 6) is 0.106. The standard InChI is InChI=1S/C24H25FN6O3/c1-34-20-8-3-2-7-18(20)21(32)19-14-27-23(30-22(19)26)28-16-9-11-31(12-10-16)24(33)29-17-6-4-5-15(25)13-17/h2-8,13-14,16H,9-12H2,1H3,(H,29,33)(H3,26,27,28,30). The van der Waals surface area contributed by atoms with Crippen molar-refractivity contribution in [2.75, 3.05) is 36.6 Å². The molecule has 1 aliphatic heterocycles. The number of amides is 2. The number of urea groups is 1. The average molecular weight is 465 g/mol. The molecule has 2 heterocycles. The second kappa shape index (κ2) is 10.2. The van der Waals surface area contributed by atoms with Gasteiger partial charge in [0.15, 0.2) is 0 Å². The molecule has 0 aliphatic carbocycles. The van der Waals surface area contributed by atoms with Crippen molar-refractivity contribution in [3.05, 3.63) is 71.7 Å². The lowest BCUT2D eigenvalue weighted by atomic mass is 10.0. The Morgan fingerprint density at radius 2 is 1.88 bits per heavy atom. The Morgan fingerprint density at radius 1 is 1.12 bits per heavy atom. The van der Waals surface area contributed by atoms with Crippen molar-refractivity contribution >= 4 is 29.3 Å². The van der Waals surface area contributed by atoms with E-state index in [4.69, 9.17) is 10.5 Å². The number of ether oxygens (including phenoxy) is 1. The van der Waals surface area contributed by atoms with Gasteiger partial charge < -0.3 is 26.0 Å². The summed E-state index contributed by atoms with van der Waals surface area (Å²) in [4.78, 5) is 35.5. The summed E-state index contributed by atoms with van der Waals surface area (Å²) in [6.45, 7) is 1.03. The number of ketones is 1. The minimum Gasteiger partial charge on any atom is -0.496 e. The quantitative estimate of drug-likeness (QED) is 0.477. The Labute approximate surface area is 196 Å². The molecule has 3 aromatic rings. The Morgan fingerprint density at radius 3 is 2.59 bits per heavy atom. The molecule has 1 aliphatic rings. The van der Waals surface area contributed by atoms with Crippen molar-refractivity contribution in [2.24, 2.45) is 0 Å². The molecular formula is C24H25FN6O3. The lowest BCUT2D eigenvalue weighted by Crippen LogP contribution is -2.44. The van der Waals surface area contributed by atoms with Gasteiger partial charge in [-0.25, -0.2) is 14.2 Å². The van der Waals surface area contributed by atoms with E-state index >= 15 is 0 Å². The highest BCUT2D eigenvalue weighted by atomic mass is 19.1. The van der Waals surface area contributed by atoms with Gasteiger partial charge in [0.25, 0.3) is 0 Å². The number of hydrogen-bond donors (Lipinski definition) is 3. The lowest BCUT2D eigenvalue weighted by Gasteiger charge is -2.32. The van der Waals surface area contributed by atoms with Crippen LogP contribution in [0.3, 0.4) is 0 Å². The molecule has 2 aromatic carbocycles. The molecule has 0 saturated carbocycles. The smallest absolute Gasteiger partial charge is 0.321 e. The van der Waals surface area contributed by atoms with Crippen LogP contribution in [0.4, 0.5) is 26.6 Å². The third-order valence-corrected chi connectivity index (χ3v) is 5.61. The summed E-state index contributed by atoms with van der Waals surface area (Å²) in [6, 6.07) is 12.4. The monoisotopic (exact) mass is 464 g/mol. The molecule has 0 atom stereocenters. The first-order chi connectivity index (χ1) is 16.4. The van der Waals surface area contributed by atoms with E-state index in [1.807, 2.05) is 0 Å². The van der Waals surface area contributed by atoms with Gasteiger partial charge in [-0.3, -0.25) is 4.79 Å². The normalized spacial score (nSPS) is 13.9. The van der Waals surface area contributed by atoms with Crippen LogP contribution in [0.5, 0.6) is 5.75 Å². The zero-order chi connectivity index (χ0) is 24.1. The van der Waals surface area contributed by atoms with Gasteiger partial charge in [-0.15, -0.1) is 0 Å². The second-order valence-electron chi connectivity index (χ2n) is 7.87. The number of anilines is 3. The van der Waals surface area contributed by atoms with Gasteiger partial charge in [-0.1, -0.05) is 18.2 Å². The summed E-state index contributed by atoms with van der Waals surface area (Å²) < 4.78 is 18.6. The molecule has 4 N–H and O–H groups in total. The number of benzene rings is 2. The van der Waals surface area contributed by atoms with Gasteiger partial charge in [-0.2, -0.15) is 4.98 Å². The Kier molecular flexibility index (Phi) is 6.86. The van der Waals surface area contributed by atoms with Crippen molar-refractivity contribution in [1.29, 1.82) is 0 Å². The number of hydrogen-bond acceptors (Lipinski definition) is 7. The summed E-state index contributed by atoms with van der Waals surface area (Å²) >= 11 is 0. The van der Waals surface area contributed by atoms with E-state index in [0.29, 0.717) is 48.9 Å². The first kappa shape index (κ1) is 23.0. The molecule has 1 saturated heterocycles. The van der Waals surface area contributed by atoms with Gasteiger partial charge >= 0.3 is 6.03 Å². The van der Waals surface area contributed by atoms with Gasteiger partial charge in [0.05, 0.1) is 18.2 Å². The molecule has 10 heteroatoms. The molecular weight excluding hydrogens is 439 g/mol. The molecule has 1 aromatic heterocycles. The van der Waals surface area contributed by atoms with Crippen LogP contribution >= 0.6 is 0 Å². The van der Waals surface area contributed by atoms with E-state index in [9.17, 15) is 14.0 Å². The predicted octanol–water partition coefficient (Wildman–Crippen LogP) is 3.55. The van der Waals surface area contributed by atoms with Crippen molar-refractivity contribution in [3.63, 3.8) is 0 Å². The summed E-state index contributed by atoms with van der Waals surface area (Å²) in [6.07, 6.45) is 2.74. The number of nitrogens with two attached hydrogens (primary N) is 1. The first-order valence-electron chi connectivity index (χ1n) is 10.8. The van der Waals surface area contributed by atoms with E-state index < -0.39 is 5.82 Å². The SMILES string of the molecule is COc1ccccc1C(=O)c1cnc(NC2CCN(C(=O)Nc3cccc(F)c3)CC2)nc1N. The zero-order valence-electron chi connectivity index (χ0n) is 18.6. The summed E-state index contributed by atoms with van der Waals surface area (Å²) in [7, 11) is 1.50. The number of nitrogens with one attached hydrogen (secondary N) is 2. The Bertz CT molecular complexity index is 1200. The number of aromatic nitrogens is 2. The predicted molar refractivity (Wildman–Crippen MR) is 127 cm³/mol. The summed E-state index contributed by atoms with van der Waals surface area (Å²) in [5, 5.41) is 5.93. The number of piperidine rings is 1. The second-order valence-corrected chi connectivity index (χ2v) is 7.87. The number of rotatable bonds is 6. The highest BCUT2D eigenvalue weighted by Gasteiger charge is 2.24. The first-order valence-corrected chi connectivity index (χ1v) is 10.8. The molecule has 2 amide bonds. The van der Waals surface area contributed by atoms with Gasteiger partial charge in [0.1, 0.15) is 17.4 Å². The van der Waals surface area contributed by atoms with E-state index in [1.165, 1.54) is 25.4 Å². The van der Waals surface area contributed by atoms with Crippen LogP contribution in [0.15, 0.2) is 54.7 Å². The van der Waals surface area contributed by atoms with Gasteiger partial charge in [0, 0.05) is 31.0 Å². The maximum Gasteiger partial charge on any atom is 0.321 e. The Hall–Kier alpha value is -4.21. The number of carbonyl (C=O) groups is 2. The minimum absolute atomic E-state index is 0.0355. The van der Waals surface area contributed by atoms with Crippen LogP contribution in [0.25, 0.3) is 0 Å². The molecule has 0 radical (unpaired) electrons. The number of carbonyl (C=O) groups excluding carboxylic acids is 2. The highest BCUT2D eigenvalue weighted by molar-refractivity contribution is 6.13. The van der Waals surface area contributed by atoms with Crippen molar-refractivity contribution in [2.45, 2.75) is 18.9 Å². The van der Waals surface area contributed by atoms with Crippen molar-refractivity contribution in [1.82, 2.24) is 14.9 Å². The van der Waals surface area contributed by atoms with E-state index in [2.05, 4.69) is 20.6 Å². The molecule has 34 heavy (non-hydrogen) atoms. The maximum absolute atomic E-state index is 13.3. The van der Waals surface area contributed by atoms with Crippen molar-refractivity contribution in [3.8, 4) is 5.75 Å². The highest BCUT2D eigenvalue weighted by Crippen LogP contribution is 2.24. The van der Waals surface area contributed by atoms with Crippen LogP contribution in [-0.4, -0.2) is 52.9 Å². The third-order valence-electron chi connectivity index (χ3n) is 5.61. The number of nitrogens with zero attached hydrogens (tertiary/aromatic N) is 3. The average Bonchev–Trinajstić information content (AvgIpc) is 2.84. The Balaban J connectivity index is 1.34. The van der Waals surface area contributed by atoms with Gasteiger partial charge in [-0.05, 0) is 43.2 Å². The minimum atomic E-state index is -0.407. The number of likely N-dealkylation sites (tertiary alicyclic amines) is 1. The summed E-state index contributed by atoms with van der Waals surface area (Å²) in [5.41, 5.74) is 7.05. The fourth-order valence-electron chi connectivity index (χ4n) is 3.80.